The van der Waals surface area contributed by atoms with Gasteiger partial charge in [0.25, 0.3) is 11.8 Å². The number of nitrogens with zero attached hydrogens (tertiary/aromatic N) is 5. The Morgan fingerprint density at radius 1 is 0.709 bits per heavy atom. The predicted octanol–water partition coefficient (Wildman–Crippen LogP) is 11.2. The number of ether oxygens (including phenoxy) is 3. The molecule has 2 aliphatic heterocycles. The fraction of sp³-hybridized carbons (Fsp3) is 0.284. The van der Waals surface area contributed by atoms with Crippen molar-refractivity contribution in [2.45, 2.75) is 87.3 Å². The molecule has 86 heavy (non-hydrogen) atoms. The van der Waals surface area contributed by atoms with Crippen LogP contribution in [-0.4, -0.2) is 103 Å². The molecule has 6 aromatic carbocycles. The van der Waals surface area contributed by atoms with Crippen LogP contribution < -0.4 is 22.0 Å². The van der Waals surface area contributed by atoms with Gasteiger partial charge in [0.05, 0.1) is 36.2 Å². The number of carbonyl (C=O) groups excluding carboxylic acids is 3. The molecule has 17 nitrogen and oxygen atoms in total. The van der Waals surface area contributed by atoms with Crippen LogP contribution in [0, 0.1) is 5.92 Å². The van der Waals surface area contributed by atoms with Crippen LogP contribution in [0.1, 0.15) is 106 Å². The number of amides is 2. The smallest absolute Gasteiger partial charge is 0.351 e. The van der Waals surface area contributed by atoms with E-state index in [0.717, 1.165) is 16.7 Å². The summed E-state index contributed by atoms with van der Waals surface area (Å²) in [5, 5.41) is 18.1. The monoisotopic (exact) mass is 1190 g/mol. The van der Waals surface area contributed by atoms with Crippen molar-refractivity contribution in [3.8, 4) is 0 Å². The molecule has 0 bridgehead atoms. The first-order chi connectivity index (χ1) is 42.0. The van der Waals surface area contributed by atoms with Gasteiger partial charge < -0.3 is 30.0 Å². The zero-order valence-electron chi connectivity index (χ0n) is 47.8. The van der Waals surface area contributed by atoms with E-state index >= 15 is 0 Å². The minimum Gasteiger partial charge on any atom is -0.459 e. The van der Waals surface area contributed by atoms with Crippen molar-refractivity contribution in [3.05, 3.63) is 261 Å². The topological polar surface area (TPSA) is 205 Å². The number of aromatic nitrogens is 4. The molecule has 3 N–H and O–H groups in total. The molecule has 2 aromatic heterocycles. The van der Waals surface area contributed by atoms with Crippen LogP contribution in [-0.2, 0) is 23.8 Å². The summed E-state index contributed by atoms with van der Waals surface area (Å²) < 4.78 is 30.6. The molecule has 4 unspecified atom stereocenters. The van der Waals surface area contributed by atoms with E-state index in [1.807, 2.05) is 44.3 Å². The molecule has 0 saturated carbocycles. The van der Waals surface area contributed by atoms with Crippen LogP contribution >= 0.6 is 19.7 Å². The number of rotatable bonds is 22. The summed E-state index contributed by atoms with van der Waals surface area (Å²) >= 11 is 1.27. The van der Waals surface area contributed by atoms with Crippen LogP contribution in [0.5, 0.6) is 0 Å². The highest BCUT2D eigenvalue weighted by Crippen LogP contribution is 2.51. The molecule has 19 heteroatoms. The van der Waals surface area contributed by atoms with E-state index in [0.29, 0.717) is 54.5 Å². The second-order valence-corrected chi connectivity index (χ2v) is 24.4. The lowest BCUT2D eigenvalue weighted by atomic mass is 9.59. The summed E-state index contributed by atoms with van der Waals surface area (Å²) in [5.74, 6) is 0.936. The van der Waals surface area contributed by atoms with Crippen molar-refractivity contribution < 1.29 is 37.9 Å². The van der Waals surface area contributed by atoms with E-state index in [-0.39, 0.29) is 42.8 Å². The molecular formula is C67H69N7O10PS+. The van der Waals surface area contributed by atoms with Crippen LogP contribution in [0.25, 0.3) is 0 Å². The van der Waals surface area contributed by atoms with Gasteiger partial charge in [0, 0.05) is 54.4 Å². The number of hydrogen-bond donors (Lipinski definition) is 3. The van der Waals surface area contributed by atoms with Crippen molar-refractivity contribution >= 4 is 55.1 Å². The van der Waals surface area contributed by atoms with Gasteiger partial charge in [-0.15, -0.1) is 4.67 Å². The normalized spacial score (nSPS) is 18.7. The van der Waals surface area contributed by atoms with Gasteiger partial charge in [0.2, 0.25) is 13.7 Å². The number of esters is 1. The van der Waals surface area contributed by atoms with Crippen LogP contribution in [0.2, 0.25) is 0 Å². The number of hydrogen-bond acceptors (Lipinski definition) is 14. The first-order valence-corrected chi connectivity index (χ1v) is 31.2. The van der Waals surface area contributed by atoms with Crippen molar-refractivity contribution in [2.24, 2.45) is 5.92 Å². The lowest BCUT2D eigenvalue weighted by molar-refractivity contribution is -0.129. The number of carbonyl (C=O) groups is 3. The molecule has 0 radical (unpaired) electrons. The first-order valence-electron chi connectivity index (χ1n) is 28.9. The molecule has 10 rings (SSSR count). The minimum atomic E-state index is -1.31. The second-order valence-electron chi connectivity index (χ2n) is 21.3. The van der Waals surface area contributed by atoms with Gasteiger partial charge >= 0.3 is 17.3 Å². The number of anilines is 2. The Bertz CT molecular complexity index is 3590. The van der Waals surface area contributed by atoms with E-state index < -0.39 is 73.0 Å². The van der Waals surface area contributed by atoms with Crippen LogP contribution in [0.15, 0.2) is 216 Å². The van der Waals surface area contributed by atoms with Gasteiger partial charge in [0.15, 0.2) is 5.66 Å². The van der Waals surface area contributed by atoms with Crippen molar-refractivity contribution in [1.82, 2.24) is 23.8 Å². The Hall–Kier alpha value is -8.19. The van der Waals surface area contributed by atoms with Gasteiger partial charge in [0.1, 0.15) is 30.7 Å². The maximum absolute atomic E-state index is 14.5. The van der Waals surface area contributed by atoms with Gasteiger partial charge in [-0.3, -0.25) is 18.7 Å². The lowest BCUT2D eigenvalue weighted by Crippen LogP contribution is -2.45. The zero-order chi connectivity index (χ0) is 59.8. The SMILES string of the molecule is CC[C@@H](COC(=O)c1ccccc1)O[C@H](CC1CSOC=[P+]1N(C)CC(O)[C@@H]1CCCC(C(c2ccccc2)(c2ccccc2)c2ccccc2)C[C@H](n2ccc(NC(=O)c3ccccc3)nc2=O)O1)n1ccc(NC(=O)c2ccccc2)nc1=O. The third-order valence-electron chi connectivity index (χ3n) is 15.8. The van der Waals surface area contributed by atoms with Gasteiger partial charge in [-0.1, -0.05) is 159 Å². The summed E-state index contributed by atoms with van der Waals surface area (Å²) in [6.07, 6.45) is 1.71. The van der Waals surface area contributed by atoms with Crippen LogP contribution in [0.3, 0.4) is 0 Å². The molecule has 0 aliphatic carbocycles. The van der Waals surface area contributed by atoms with Crippen molar-refractivity contribution in [1.29, 1.82) is 0 Å². The molecule has 1 saturated heterocycles. The fourth-order valence-electron chi connectivity index (χ4n) is 11.5. The summed E-state index contributed by atoms with van der Waals surface area (Å²) in [7, 11) is 0.609. The maximum Gasteiger partial charge on any atom is 0.351 e. The predicted molar refractivity (Wildman–Crippen MR) is 335 cm³/mol. The Morgan fingerprint density at radius 2 is 1.22 bits per heavy atom. The third kappa shape index (κ3) is 14.7. The summed E-state index contributed by atoms with van der Waals surface area (Å²) in [6.45, 7) is 1.96. The number of aliphatic hydroxyl groups is 1. The maximum atomic E-state index is 14.5. The average molecular weight is 1200 g/mol. The molecule has 8 aromatic rings. The van der Waals surface area contributed by atoms with Crippen molar-refractivity contribution in [2.75, 3.05) is 36.6 Å². The Kier molecular flexibility index (Phi) is 20.7. The largest absolute Gasteiger partial charge is 0.459 e. The van der Waals surface area contributed by atoms with Gasteiger partial charge in [-0.2, -0.15) is 9.97 Å². The minimum absolute atomic E-state index is 0.0659. The fourth-order valence-corrected chi connectivity index (χ4v) is 14.9. The Labute approximate surface area is 505 Å². The van der Waals surface area contributed by atoms with Crippen molar-refractivity contribution in [3.63, 3.8) is 0 Å². The third-order valence-corrected chi connectivity index (χ3v) is 19.4. The number of likely N-dealkylation sites (N-methyl/N-ethyl adjacent to an activating group) is 1. The average Bonchev–Trinajstić information content (AvgIpc) is 0.925. The highest BCUT2D eigenvalue weighted by molar-refractivity contribution is 7.96. The molecule has 0 spiro atoms. The first kappa shape index (κ1) is 60.9. The highest BCUT2D eigenvalue weighted by atomic mass is 32.2. The second kappa shape index (κ2) is 29.3. The van der Waals surface area contributed by atoms with E-state index in [4.69, 9.17) is 18.4 Å². The van der Waals surface area contributed by atoms with Gasteiger partial charge in [-0.05, 0) is 96.8 Å². The van der Waals surface area contributed by atoms with E-state index in [1.165, 1.54) is 21.2 Å². The molecule has 1 fully saturated rings. The summed E-state index contributed by atoms with van der Waals surface area (Å²) in [6, 6.07) is 60.5. The molecule has 4 heterocycles. The van der Waals surface area contributed by atoms with Gasteiger partial charge in [-0.25, -0.2) is 18.6 Å². The number of nitrogens with one attached hydrogen (secondary N) is 2. The lowest BCUT2D eigenvalue weighted by Gasteiger charge is -2.46. The zero-order valence-corrected chi connectivity index (χ0v) is 49.5. The van der Waals surface area contributed by atoms with E-state index in [9.17, 15) is 29.1 Å². The highest BCUT2D eigenvalue weighted by Gasteiger charge is 2.47. The summed E-state index contributed by atoms with van der Waals surface area (Å²) in [5.41, 5.74) is 2.27. The quantitative estimate of drug-likeness (QED) is 0.0250. The van der Waals surface area contributed by atoms with Crippen LogP contribution in [0.4, 0.5) is 11.6 Å². The number of benzene rings is 6. The number of aliphatic hydroxyl groups excluding tert-OH is 1. The standard InChI is InChI=1S/C67H68N7O10PS/c1-3-54(44-81-64(78)49-27-14-6-15-28-49)83-61(74-40-38-59(71-66(74)80)69-63(77)48-25-12-5-13-26-48)42-55-45-86-82-46-85(55)72(2)43-56(75)57-36-22-35-53(41-60(84-57)73-39-37-58(70-65(73)79)68-62(76)47-23-10-4-11-24-47)67(50-29-16-7-17-30-50,51-31-18-8-19-32-51)52-33-20-9-21-34-52/h4-21,23-34,37-40,46,53-57,60-61,75H,3,22,35-36,41-45H2,1-2H3,(H-,68,69,70,71,76,77,79,80)/p+1/t53?,54-,55?,56?,57-,60+,61+/m0/s1. The Balaban J connectivity index is 0.930. The molecular weight excluding hydrogens is 1130 g/mol. The Morgan fingerprint density at radius 3 is 1.74 bits per heavy atom. The molecule has 2 amide bonds. The molecule has 2 aliphatic rings. The summed E-state index contributed by atoms with van der Waals surface area (Å²) in [4.78, 5) is 76.8. The molecule has 8 atom stereocenters. The van der Waals surface area contributed by atoms with E-state index in [1.54, 1.807) is 109 Å². The molecule has 442 valence electrons. The van der Waals surface area contributed by atoms with E-state index in [2.05, 4.69) is 98.1 Å².